The van der Waals surface area contributed by atoms with Gasteiger partial charge in [-0.05, 0) is 6.92 Å². The average molecular weight is 218 g/mol. The van der Waals surface area contributed by atoms with E-state index in [1.54, 1.807) is 7.05 Å². The van der Waals surface area contributed by atoms with Gasteiger partial charge in [-0.3, -0.25) is 9.59 Å². The van der Waals surface area contributed by atoms with Crippen LogP contribution in [-0.2, 0) is 9.59 Å². The van der Waals surface area contributed by atoms with Gasteiger partial charge in [-0.1, -0.05) is 0 Å². The fraction of sp³-hybridized carbons (Fsp3) is 0.778. The van der Waals surface area contributed by atoms with E-state index >= 15 is 0 Å². The molecule has 0 spiro atoms. The molecule has 0 aliphatic rings. The van der Waals surface area contributed by atoms with Crippen molar-refractivity contribution < 1.29 is 19.8 Å². The van der Waals surface area contributed by atoms with Gasteiger partial charge in [-0.2, -0.15) is 0 Å². The second kappa shape index (κ2) is 7.19. The Balaban J connectivity index is 3.61. The molecule has 1 amide bonds. The Kier molecular flexibility index (Phi) is 6.64. The third-order valence-corrected chi connectivity index (χ3v) is 1.97. The molecule has 0 bridgehead atoms. The molecule has 0 aromatic heterocycles. The largest absolute Gasteiger partial charge is 0.481 e. The van der Waals surface area contributed by atoms with Crippen LogP contribution in [0.4, 0.5) is 0 Å². The average Bonchev–Trinajstić information content (AvgIpc) is 2.15. The predicted molar refractivity (Wildman–Crippen MR) is 54.4 cm³/mol. The van der Waals surface area contributed by atoms with Crippen molar-refractivity contribution >= 4 is 11.9 Å². The first-order chi connectivity index (χ1) is 6.97. The fourth-order valence-corrected chi connectivity index (χ4v) is 0.931. The third-order valence-electron chi connectivity index (χ3n) is 1.97. The van der Waals surface area contributed by atoms with Gasteiger partial charge in [-0.25, -0.2) is 0 Å². The van der Waals surface area contributed by atoms with Crippen molar-refractivity contribution in [2.45, 2.75) is 19.4 Å². The Morgan fingerprint density at radius 1 is 1.47 bits per heavy atom. The Morgan fingerprint density at radius 3 is 2.53 bits per heavy atom. The number of hydrogen-bond acceptors (Lipinski definition) is 4. The van der Waals surface area contributed by atoms with Gasteiger partial charge >= 0.3 is 5.97 Å². The van der Waals surface area contributed by atoms with Crippen molar-refractivity contribution in [3.8, 4) is 0 Å². The summed E-state index contributed by atoms with van der Waals surface area (Å²) in [5, 5.41) is 20.2. The van der Waals surface area contributed by atoms with Crippen LogP contribution in [0.2, 0.25) is 0 Å². The minimum atomic E-state index is -1.05. The normalized spacial score (nSPS) is 12.2. The van der Waals surface area contributed by atoms with Gasteiger partial charge in [0.1, 0.15) is 0 Å². The number of carbonyl (C=O) groups excluding carboxylic acids is 1. The maximum absolute atomic E-state index is 11.2. The van der Waals surface area contributed by atoms with Gasteiger partial charge in [0, 0.05) is 20.1 Å². The second-order valence-electron chi connectivity index (χ2n) is 3.29. The molecule has 1 atom stereocenters. The molecule has 0 aliphatic carbocycles. The lowest BCUT2D eigenvalue weighted by Crippen LogP contribution is -2.38. The maximum atomic E-state index is 11.2. The molecular formula is C9H18N2O4. The highest BCUT2D eigenvalue weighted by molar-refractivity contribution is 5.77. The van der Waals surface area contributed by atoms with Gasteiger partial charge < -0.3 is 20.4 Å². The first-order valence-electron chi connectivity index (χ1n) is 4.81. The Labute approximate surface area is 88.9 Å². The van der Waals surface area contributed by atoms with E-state index in [1.165, 1.54) is 4.90 Å². The molecule has 0 radical (unpaired) electrons. The van der Waals surface area contributed by atoms with Crippen molar-refractivity contribution in [1.82, 2.24) is 10.2 Å². The summed E-state index contributed by atoms with van der Waals surface area (Å²) in [7, 11) is 1.68. The van der Waals surface area contributed by atoms with Gasteiger partial charge in [0.15, 0.2) is 0 Å². The number of aliphatic hydroxyl groups is 1. The van der Waals surface area contributed by atoms with Crippen LogP contribution in [-0.4, -0.2) is 59.8 Å². The molecule has 0 saturated carbocycles. The lowest BCUT2D eigenvalue weighted by atomic mass is 10.2. The number of aliphatic hydroxyl groups excluding tert-OH is 1. The van der Waals surface area contributed by atoms with E-state index in [9.17, 15) is 9.59 Å². The summed E-state index contributed by atoms with van der Waals surface area (Å²) >= 11 is 0. The maximum Gasteiger partial charge on any atom is 0.306 e. The van der Waals surface area contributed by atoms with Crippen molar-refractivity contribution in [2.75, 3.05) is 26.7 Å². The first kappa shape index (κ1) is 13.9. The van der Waals surface area contributed by atoms with Crippen LogP contribution >= 0.6 is 0 Å². The smallest absolute Gasteiger partial charge is 0.306 e. The van der Waals surface area contributed by atoms with E-state index in [-0.39, 0.29) is 25.4 Å². The summed E-state index contributed by atoms with van der Waals surface area (Å²) in [4.78, 5) is 23.0. The highest BCUT2D eigenvalue weighted by Crippen LogP contribution is 1.89. The van der Waals surface area contributed by atoms with Gasteiger partial charge in [0.2, 0.25) is 5.91 Å². The molecule has 0 fully saturated rings. The summed E-state index contributed by atoms with van der Waals surface area (Å²) < 4.78 is 0. The summed E-state index contributed by atoms with van der Waals surface area (Å²) in [6.45, 7) is 2.70. The zero-order chi connectivity index (χ0) is 11.8. The topological polar surface area (TPSA) is 89.9 Å². The van der Waals surface area contributed by atoms with Crippen molar-refractivity contribution in [3.63, 3.8) is 0 Å². The van der Waals surface area contributed by atoms with E-state index in [0.717, 1.165) is 0 Å². The van der Waals surface area contributed by atoms with E-state index in [4.69, 9.17) is 10.2 Å². The fourth-order valence-electron chi connectivity index (χ4n) is 0.931. The molecule has 15 heavy (non-hydrogen) atoms. The van der Waals surface area contributed by atoms with Gasteiger partial charge in [-0.15, -0.1) is 0 Å². The van der Waals surface area contributed by atoms with E-state index in [2.05, 4.69) is 5.32 Å². The number of rotatable bonds is 7. The van der Waals surface area contributed by atoms with Gasteiger partial charge in [0.25, 0.3) is 0 Å². The molecule has 6 nitrogen and oxygen atoms in total. The van der Waals surface area contributed by atoms with E-state index in [1.807, 2.05) is 6.92 Å². The van der Waals surface area contributed by atoms with Crippen LogP contribution in [0.25, 0.3) is 0 Å². The summed E-state index contributed by atoms with van der Waals surface area (Å²) in [5.41, 5.74) is 0. The number of carboxylic acids is 1. The third kappa shape index (κ3) is 6.87. The number of hydrogen-bond donors (Lipinski definition) is 3. The van der Waals surface area contributed by atoms with Crippen LogP contribution in [0.5, 0.6) is 0 Å². The molecule has 3 N–H and O–H groups in total. The summed E-state index contributed by atoms with van der Waals surface area (Å²) in [6.07, 6.45) is -1.27. The number of likely N-dealkylation sites (N-methyl/N-ethyl adjacent to an activating group) is 1. The number of carbonyl (C=O) groups is 2. The molecule has 1 unspecified atom stereocenters. The van der Waals surface area contributed by atoms with E-state index < -0.39 is 12.1 Å². The Bertz CT molecular complexity index is 220. The van der Waals surface area contributed by atoms with Crippen molar-refractivity contribution in [3.05, 3.63) is 0 Å². The predicted octanol–water partition coefficient (Wildman–Crippen LogP) is -1.11. The molecule has 0 heterocycles. The molecule has 88 valence electrons. The molecular weight excluding hydrogens is 200 g/mol. The monoisotopic (exact) mass is 218 g/mol. The number of nitrogens with zero attached hydrogens (tertiary/aromatic N) is 1. The highest BCUT2D eigenvalue weighted by Gasteiger charge is 2.10. The van der Waals surface area contributed by atoms with E-state index in [0.29, 0.717) is 6.54 Å². The lowest BCUT2D eigenvalue weighted by molar-refractivity contribution is -0.139. The van der Waals surface area contributed by atoms with Crippen LogP contribution in [0, 0.1) is 0 Å². The second-order valence-corrected chi connectivity index (χ2v) is 3.29. The summed E-state index contributed by atoms with van der Waals surface area (Å²) in [5.74, 6) is -1.14. The lowest BCUT2D eigenvalue weighted by Gasteiger charge is -2.15. The molecule has 0 aromatic carbocycles. The zero-order valence-electron chi connectivity index (χ0n) is 9.06. The number of carboxylic acid groups (broad SMARTS) is 1. The Morgan fingerprint density at radius 2 is 2.07 bits per heavy atom. The minimum absolute atomic E-state index is 0.0833. The highest BCUT2D eigenvalue weighted by atomic mass is 16.4. The van der Waals surface area contributed by atoms with Crippen LogP contribution < -0.4 is 5.32 Å². The molecule has 0 aliphatic heterocycles. The number of aliphatic carboxylic acids is 1. The van der Waals surface area contributed by atoms with Gasteiger partial charge in [0.05, 0.1) is 19.1 Å². The van der Waals surface area contributed by atoms with Crippen LogP contribution in [0.15, 0.2) is 0 Å². The van der Waals surface area contributed by atoms with Crippen LogP contribution in [0.3, 0.4) is 0 Å². The standard InChI is InChI=1S/C9H18N2O4/c1-3-11(2)8(13)6-10-5-7(12)4-9(14)15/h7,10,12H,3-6H2,1-2H3,(H,14,15). The summed E-state index contributed by atoms with van der Waals surface area (Å²) in [6, 6.07) is 0. The molecule has 0 rings (SSSR count). The van der Waals surface area contributed by atoms with Crippen molar-refractivity contribution in [2.24, 2.45) is 0 Å². The van der Waals surface area contributed by atoms with Crippen LogP contribution in [0.1, 0.15) is 13.3 Å². The van der Waals surface area contributed by atoms with Crippen molar-refractivity contribution in [1.29, 1.82) is 0 Å². The molecule has 6 heteroatoms. The molecule has 0 aromatic rings. The zero-order valence-corrected chi connectivity index (χ0v) is 9.06. The molecule has 0 saturated heterocycles. The Hall–Kier alpha value is -1.14. The number of amides is 1. The first-order valence-corrected chi connectivity index (χ1v) is 4.81. The quantitative estimate of drug-likeness (QED) is 0.504. The SMILES string of the molecule is CCN(C)C(=O)CNCC(O)CC(=O)O. The minimum Gasteiger partial charge on any atom is -0.481 e. The number of nitrogens with one attached hydrogen (secondary N) is 1.